The summed E-state index contributed by atoms with van der Waals surface area (Å²) in [5, 5.41) is 10.6. The van der Waals surface area contributed by atoms with E-state index in [2.05, 4.69) is 0 Å². The molecule has 0 aromatic heterocycles. The molecule has 0 aliphatic rings. The van der Waals surface area contributed by atoms with Gasteiger partial charge >= 0.3 is 18.2 Å². The molecule has 0 fully saturated rings. The van der Waals surface area contributed by atoms with Crippen LogP contribution < -0.4 is 5.32 Å². The van der Waals surface area contributed by atoms with Gasteiger partial charge in [-0.25, -0.2) is 4.79 Å². The van der Waals surface area contributed by atoms with Crippen molar-refractivity contribution in [2.24, 2.45) is 5.41 Å². The molecule has 0 saturated heterocycles. The van der Waals surface area contributed by atoms with E-state index >= 15 is 0 Å². The summed E-state index contributed by atoms with van der Waals surface area (Å²) < 4.78 is 37.1. The fraction of sp³-hybridized carbons (Fsp3) is 0.750. The number of halogens is 3. The number of carboxylic acid groups (broad SMARTS) is 1. The Bertz CT molecular complexity index is 419. The van der Waals surface area contributed by atoms with Gasteiger partial charge in [-0.1, -0.05) is 0 Å². The van der Waals surface area contributed by atoms with Crippen LogP contribution in [0.2, 0.25) is 0 Å². The van der Waals surface area contributed by atoms with Gasteiger partial charge in [-0.2, -0.15) is 13.2 Å². The first-order valence-electron chi connectivity index (χ1n) is 6.17. The number of urea groups is 1. The lowest BCUT2D eigenvalue weighted by molar-refractivity contribution is -0.149. The number of imide groups is 1. The standard InChI is InChI=1S/C12H19F3N2O4/c1-7(2)17(6-12(13,14)15)10(21)16-8(18)5-11(3,4)9(19)20/h7H,5-6H2,1-4H3,(H,19,20)(H,16,18,21). The summed E-state index contributed by atoms with van der Waals surface area (Å²) in [6.07, 6.45) is -5.11. The highest BCUT2D eigenvalue weighted by atomic mass is 19.4. The molecule has 3 amide bonds. The monoisotopic (exact) mass is 312 g/mol. The van der Waals surface area contributed by atoms with Gasteiger partial charge < -0.3 is 10.0 Å². The molecule has 0 heterocycles. The van der Waals surface area contributed by atoms with Crippen molar-refractivity contribution in [1.29, 1.82) is 0 Å². The van der Waals surface area contributed by atoms with Crippen molar-refractivity contribution in [2.75, 3.05) is 6.54 Å². The Morgan fingerprint density at radius 2 is 1.67 bits per heavy atom. The number of rotatable bonds is 5. The fourth-order valence-corrected chi connectivity index (χ4v) is 1.39. The molecule has 0 radical (unpaired) electrons. The SMILES string of the molecule is CC(C)N(CC(F)(F)F)C(=O)NC(=O)CC(C)(C)C(=O)O. The zero-order chi connectivity index (χ0) is 17.0. The van der Waals surface area contributed by atoms with Gasteiger partial charge in [0.2, 0.25) is 5.91 Å². The number of aliphatic carboxylic acids is 1. The van der Waals surface area contributed by atoms with Gasteiger partial charge in [0, 0.05) is 12.5 Å². The lowest BCUT2D eigenvalue weighted by atomic mass is 9.89. The van der Waals surface area contributed by atoms with Crippen molar-refractivity contribution in [2.45, 2.75) is 46.3 Å². The number of hydrogen-bond acceptors (Lipinski definition) is 3. The molecule has 2 N–H and O–H groups in total. The Labute approximate surface area is 120 Å². The van der Waals surface area contributed by atoms with Crippen LogP contribution in [0.1, 0.15) is 34.1 Å². The van der Waals surface area contributed by atoms with Gasteiger partial charge in [0.05, 0.1) is 5.41 Å². The molecule has 21 heavy (non-hydrogen) atoms. The number of alkyl halides is 3. The molecule has 9 heteroatoms. The Kier molecular flexibility index (Phi) is 6.19. The van der Waals surface area contributed by atoms with Crippen LogP contribution >= 0.6 is 0 Å². The molecule has 0 aliphatic carbocycles. The van der Waals surface area contributed by atoms with E-state index in [1.807, 2.05) is 0 Å². The minimum absolute atomic E-state index is 0.450. The van der Waals surface area contributed by atoms with E-state index in [9.17, 15) is 27.6 Å². The Morgan fingerprint density at radius 3 is 2.00 bits per heavy atom. The quantitative estimate of drug-likeness (QED) is 0.813. The highest BCUT2D eigenvalue weighted by molar-refractivity contribution is 5.96. The number of nitrogens with one attached hydrogen (secondary N) is 1. The average molecular weight is 312 g/mol. The van der Waals surface area contributed by atoms with Gasteiger partial charge in [-0.05, 0) is 27.7 Å². The maximum Gasteiger partial charge on any atom is 0.406 e. The van der Waals surface area contributed by atoms with E-state index in [1.165, 1.54) is 27.7 Å². The van der Waals surface area contributed by atoms with Crippen LogP contribution in [0.25, 0.3) is 0 Å². The highest BCUT2D eigenvalue weighted by Gasteiger charge is 2.36. The van der Waals surface area contributed by atoms with E-state index < -0.39 is 48.5 Å². The Balaban J connectivity index is 4.78. The van der Waals surface area contributed by atoms with E-state index in [0.29, 0.717) is 4.90 Å². The normalized spacial score (nSPS) is 12.2. The van der Waals surface area contributed by atoms with Gasteiger partial charge in [-0.15, -0.1) is 0 Å². The molecule has 0 saturated carbocycles. The van der Waals surface area contributed by atoms with Crippen molar-refractivity contribution in [3.8, 4) is 0 Å². The first-order valence-corrected chi connectivity index (χ1v) is 6.17. The van der Waals surface area contributed by atoms with Gasteiger partial charge in [-0.3, -0.25) is 14.9 Å². The molecule has 0 spiro atoms. The summed E-state index contributed by atoms with van der Waals surface area (Å²) in [6.45, 7) is 3.80. The summed E-state index contributed by atoms with van der Waals surface area (Å²) in [5.41, 5.74) is -1.42. The van der Waals surface area contributed by atoms with Crippen LogP contribution in [0, 0.1) is 5.41 Å². The predicted octanol–water partition coefficient (Wildman–Crippen LogP) is 2.00. The number of hydrogen-bond donors (Lipinski definition) is 2. The molecular formula is C12H19F3N2O4. The molecule has 6 nitrogen and oxygen atoms in total. The van der Waals surface area contributed by atoms with Crippen molar-refractivity contribution >= 4 is 17.9 Å². The first kappa shape index (κ1) is 19.2. The first-order chi connectivity index (χ1) is 9.26. The largest absolute Gasteiger partial charge is 0.481 e. The predicted molar refractivity (Wildman–Crippen MR) is 67.5 cm³/mol. The minimum Gasteiger partial charge on any atom is -0.481 e. The summed E-state index contributed by atoms with van der Waals surface area (Å²) in [7, 11) is 0. The Hall–Kier alpha value is -1.80. The maximum absolute atomic E-state index is 12.4. The molecular weight excluding hydrogens is 293 g/mol. The summed E-state index contributed by atoms with van der Waals surface area (Å²) in [4.78, 5) is 34.5. The summed E-state index contributed by atoms with van der Waals surface area (Å²) >= 11 is 0. The van der Waals surface area contributed by atoms with Crippen molar-refractivity contribution in [3.63, 3.8) is 0 Å². The third kappa shape index (κ3) is 6.96. The Morgan fingerprint density at radius 1 is 1.19 bits per heavy atom. The van der Waals surface area contributed by atoms with Gasteiger partial charge in [0.1, 0.15) is 6.54 Å². The second-order valence-corrected chi connectivity index (χ2v) is 5.56. The molecule has 122 valence electrons. The van der Waals surface area contributed by atoms with E-state index in [4.69, 9.17) is 5.11 Å². The number of carbonyl (C=O) groups excluding carboxylic acids is 2. The zero-order valence-corrected chi connectivity index (χ0v) is 12.2. The van der Waals surface area contributed by atoms with E-state index in [-0.39, 0.29) is 0 Å². The lowest BCUT2D eigenvalue weighted by Gasteiger charge is -2.28. The minimum atomic E-state index is -4.59. The summed E-state index contributed by atoms with van der Waals surface area (Å²) in [5.74, 6) is -2.19. The van der Waals surface area contributed by atoms with Crippen LogP contribution in [-0.4, -0.2) is 46.7 Å². The fourth-order valence-electron chi connectivity index (χ4n) is 1.39. The second kappa shape index (κ2) is 6.77. The van der Waals surface area contributed by atoms with Crippen molar-refractivity contribution in [3.05, 3.63) is 0 Å². The number of carboxylic acids is 1. The number of carbonyl (C=O) groups is 3. The van der Waals surface area contributed by atoms with Crippen molar-refractivity contribution in [1.82, 2.24) is 10.2 Å². The molecule has 0 aromatic rings. The van der Waals surface area contributed by atoms with Crippen molar-refractivity contribution < 1.29 is 32.7 Å². The maximum atomic E-state index is 12.4. The van der Waals surface area contributed by atoms with Gasteiger partial charge in [0.15, 0.2) is 0 Å². The second-order valence-electron chi connectivity index (χ2n) is 5.56. The third-order valence-electron chi connectivity index (χ3n) is 2.66. The molecule has 0 aliphatic heterocycles. The van der Waals surface area contributed by atoms with Crippen LogP contribution in [0.4, 0.5) is 18.0 Å². The number of amides is 3. The van der Waals surface area contributed by atoms with Crippen LogP contribution in [0.5, 0.6) is 0 Å². The lowest BCUT2D eigenvalue weighted by Crippen LogP contribution is -2.50. The van der Waals surface area contributed by atoms with Crippen LogP contribution in [-0.2, 0) is 9.59 Å². The van der Waals surface area contributed by atoms with Crippen LogP contribution in [0.3, 0.4) is 0 Å². The van der Waals surface area contributed by atoms with Gasteiger partial charge in [0.25, 0.3) is 0 Å². The van der Waals surface area contributed by atoms with E-state index in [0.717, 1.165) is 0 Å². The zero-order valence-electron chi connectivity index (χ0n) is 12.2. The molecule has 0 aromatic carbocycles. The average Bonchev–Trinajstić information content (AvgIpc) is 2.22. The smallest absolute Gasteiger partial charge is 0.406 e. The molecule has 0 atom stereocenters. The molecule has 0 bridgehead atoms. The summed E-state index contributed by atoms with van der Waals surface area (Å²) in [6, 6.07) is -1.97. The number of nitrogens with zero attached hydrogens (tertiary/aromatic N) is 1. The topological polar surface area (TPSA) is 86.7 Å². The van der Waals surface area contributed by atoms with Crippen LogP contribution in [0.15, 0.2) is 0 Å². The molecule has 0 unspecified atom stereocenters. The third-order valence-corrected chi connectivity index (χ3v) is 2.66. The highest BCUT2D eigenvalue weighted by Crippen LogP contribution is 2.21. The molecule has 0 rings (SSSR count). The van der Waals surface area contributed by atoms with E-state index in [1.54, 1.807) is 5.32 Å².